The molecule has 5 nitrogen and oxygen atoms in total. The van der Waals surface area contributed by atoms with Crippen molar-refractivity contribution in [1.82, 2.24) is 5.32 Å². The predicted octanol–water partition coefficient (Wildman–Crippen LogP) is 1.89. The first-order valence-electron chi connectivity index (χ1n) is 5.95. The normalized spacial score (nSPS) is 11.9. The third kappa shape index (κ3) is 2.97. The van der Waals surface area contributed by atoms with Gasteiger partial charge in [-0.2, -0.15) is 0 Å². The molecule has 0 radical (unpaired) electrons. The highest BCUT2D eigenvalue weighted by atomic mass is 19.1. The molecule has 0 saturated heterocycles. The van der Waals surface area contributed by atoms with E-state index in [1.54, 1.807) is 12.1 Å². The van der Waals surface area contributed by atoms with E-state index in [0.29, 0.717) is 5.76 Å². The zero-order valence-electron chi connectivity index (χ0n) is 10.8. The number of halogens is 1. The van der Waals surface area contributed by atoms with E-state index in [2.05, 4.69) is 5.32 Å². The van der Waals surface area contributed by atoms with Crippen molar-refractivity contribution >= 4 is 5.91 Å². The van der Waals surface area contributed by atoms with Gasteiger partial charge in [0.1, 0.15) is 11.9 Å². The molecule has 2 aromatic rings. The van der Waals surface area contributed by atoms with Crippen molar-refractivity contribution in [3.05, 3.63) is 53.7 Å². The highest BCUT2D eigenvalue weighted by Gasteiger charge is 2.17. The van der Waals surface area contributed by atoms with Crippen molar-refractivity contribution in [3.63, 3.8) is 0 Å². The zero-order chi connectivity index (χ0) is 14.5. The number of hydrogen-bond donors (Lipinski definition) is 2. The lowest BCUT2D eigenvalue weighted by atomic mass is 10.1. The van der Waals surface area contributed by atoms with E-state index in [9.17, 15) is 14.3 Å². The van der Waals surface area contributed by atoms with Gasteiger partial charge in [-0.1, -0.05) is 6.07 Å². The van der Waals surface area contributed by atoms with Gasteiger partial charge in [0.25, 0.3) is 5.91 Å². The third-order valence-electron chi connectivity index (χ3n) is 2.76. The first-order chi connectivity index (χ1) is 9.63. The number of hydrogen-bond acceptors (Lipinski definition) is 4. The van der Waals surface area contributed by atoms with Gasteiger partial charge >= 0.3 is 0 Å². The third-order valence-corrected chi connectivity index (χ3v) is 2.76. The van der Waals surface area contributed by atoms with Gasteiger partial charge in [0, 0.05) is 0 Å². The number of aliphatic hydroxyl groups is 1. The van der Waals surface area contributed by atoms with Gasteiger partial charge in [-0.25, -0.2) is 4.39 Å². The molecular formula is C14H14FNO4. The number of benzene rings is 1. The van der Waals surface area contributed by atoms with Crippen molar-refractivity contribution < 1.29 is 23.4 Å². The van der Waals surface area contributed by atoms with Crippen LogP contribution in [0.15, 0.2) is 41.0 Å². The molecule has 0 aliphatic carbocycles. The minimum absolute atomic E-state index is 0.00997. The molecular weight excluding hydrogens is 265 g/mol. The molecule has 2 N–H and O–H groups in total. The van der Waals surface area contributed by atoms with Crippen LogP contribution in [-0.4, -0.2) is 24.7 Å². The van der Waals surface area contributed by atoms with Crippen LogP contribution in [0.1, 0.15) is 22.2 Å². The molecule has 106 valence electrons. The average Bonchev–Trinajstić information content (AvgIpc) is 2.99. The van der Waals surface area contributed by atoms with Crippen molar-refractivity contribution in [2.45, 2.75) is 6.10 Å². The van der Waals surface area contributed by atoms with Gasteiger partial charge in [0.05, 0.1) is 25.5 Å². The van der Waals surface area contributed by atoms with Gasteiger partial charge in [-0.05, 0) is 24.3 Å². The van der Waals surface area contributed by atoms with Crippen LogP contribution in [0.4, 0.5) is 4.39 Å². The molecule has 1 aromatic heterocycles. The largest absolute Gasteiger partial charge is 0.494 e. The second kappa shape index (κ2) is 6.21. The second-order valence-corrected chi connectivity index (χ2v) is 4.06. The van der Waals surface area contributed by atoms with E-state index in [-0.39, 0.29) is 17.9 Å². The number of amides is 1. The Labute approximate surface area is 115 Å². The van der Waals surface area contributed by atoms with E-state index in [4.69, 9.17) is 9.15 Å². The summed E-state index contributed by atoms with van der Waals surface area (Å²) in [5.74, 6) is -1.05. The summed E-state index contributed by atoms with van der Waals surface area (Å²) >= 11 is 0. The number of carbonyl (C=O) groups is 1. The molecule has 0 spiro atoms. The fourth-order valence-corrected chi connectivity index (χ4v) is 1.71. The number of methoxy groups -OCH3 is 1. The van der Waals surface area contributed by atoms with E-state index < -0.39 is 17.8 Å². The number of nitrogens with one attached hydrogen (secondary N) is 1. The smallest absolute Gasteiger partial charge is 0.254 e. The number of carbonyl (C=O) groups excluding carboxylic acids is 1. The van der Waals surface area contributed by atoms with Crippen molar-refractivity contribution in [3.8, 4) is 5.75 Å². The molecule has 0 bridgehead atoms. The van der Waals surface area contributed by atoms with Crippen LogP contribution in [0.5, 0.6) is 5.75 Å². The topological polar surface area (TPSA) is 71.7 Å². The number of furan rings is 1. The first kappa shape index (κ1) is 14.1. The maximum absolute atomic E-state index is 13.9. The van der Waals surface area contributed by atoms with Crippen LogP contribution in [0.25, 0.3) is 0 Å². The number of ether oxygens (including phenoxy) is 1. The Bertz CT molecular complexity index is 583. The van der Waals surface area contributed by atoms with Crippen molar-refractivity contribution in [2.75, 3.05) is 13.7 Å². The van der Waals surface area contributed by atoms with Crippen LogP contribution in [0, 0.1) is 5.82 Å². The van der Waals surface area contributed by atoms with Crippen LogP contribution in [0.2, 0.25) is 0 Å². The Morgan fingerprint density at radius 1 is 1.45 bits per heavy atom. The van der Waals surface area contributed by atoms with E-state index >= 15 is 0 Å². The summed E-state index contributed by atoms with van der Waals surface area (Å²) in [7, 11) is 1.32. The van der Waals surface area contributed by atoms with Crippen molar-refractivity contribution in [2.24, 2.45) is 0 Å². The van der Waals surface area contributed by atoms with Crippen LogP contribution in [0.3, 0.4) is 0 Å². The van der Waals surface area contributed by atoms with Gasteiger partial charge in [0.2, 0.25) is 0 Å². The summed E-state index contributed by atoms with van der Waals surface area (Å²) < 4.78 is 23.7. The standard InChI is InChI=1S/C14H14FNO4/c1-19-12-5-2-4-9(13(12)15)14(18)16-8-10(17)11-6-3-7-20-11/h2-7,10,17H,8H2,1H3,(H,16,18). The molecule has 1 aromatic carbocycles. The van der Waals surface area contributed by atoms with Crippen molar-refractivity contribution in [1.29, 1.82) is 0 Å². The summed E-state index contributed by atoms with van der Waals surface area (Å²) in [5.41, 5.74) is -0.143. The summed E-state index contributed by atoms with van der Waals surface area (Å²) in [6, 6.07) is 7.49. The van der Waals surface area contributed by atoms with Crippen LogP contribution in [-0.2, 0) is 0 Å². The molecule has 2 rings (SSSR count). The Morgan fingerprint density at radius 2 is 2.25 bits per heavy atom. The molecule has 20 heavy (non-hydrogen) atoms. The van der Waals surface area contributed by atoms with Gasteiger partial charge in [0.15, 0.2) is 11.6 Å². The number of rotatable bonds is 5. The minimum Gasteiger partial charge on any atom is -0.494 e. The molecule has 0 fully saturated rings. The maximum atomic E-state index is 13.9. The van der Waals surface area contributed by atoms with Gasteiger partial charge in [-0.15, -0.1) is 0 Å². The Hall–Kier alpha value is -2.34. The molecule has 0 saturated carbocycles. The predicted molar refractivity (Wildman–Crippen MR) is 69.0 cm³/mol. The quantitative estimate of drug-likeness (QED) is 0.876. The fraction of sp³-hybridized carbons (Fsp3) is 0.214. The zero-order valence-corrected chi connectivity index (χ0v) is 10.8. The average molecular weight is 279 g/mol. The summed E-state index contributed by atoms with van der Waals surface area (Å²) in [4.78, 5) is 11.9. The summed E-state index contributed by atoms with van der Waals surface area (Å²) in [6.45, 7) is -0.0804. The molecule has 1 heterocycles. The van der Waals surface area contributed by atoms with E-state index in [0.717, 1.165) is 0 Å². The fourth-order valence-electron chi connectivity index (χ4n) is 1.71. The minimum atomic E-state index is -0.984. The molecule has 0 aliphatic heterocycles. The second-order valence-electron chi connectivity index (χ2n) is 4.06. The lowest BCUT2D eigenvalue weighted by Crippen LogP contribution is -2.29. The Morgan fingerprint density at radius 3 is 2.90 bits per heavy atom. The molecule has 6 heteroatoms. The van der Waals surface area contributed by atoms with Crippen LogP contribution < -0.4 is 10.1 Å². The summed E-state index contributed by atoms with van der Waals surface area (Å²) in [6.07, 6.45) is 0.435. The Kier molecular flexibility index (Phi) is 4.37. The van der Waals surface area contributed by atoms with Gasteiger partial charge in [-0.3, -0.25) is 4.79 Å². The molecule has 1 amide bonds. The lowest BCUT2D eigenvalue weighted by Gasteiger charge is -2.11. The molecule has 0 aliphatic rings. The van der Waals surface area contributed by atoms with Crippen LogP contribution >= 0.6 is 0 Å². The molecule has 1 unspecified atom stereocenters. The highest BCUT2D eigenvalue weighted by molar-refractivity contribution is 5.94. The SMILES string of the molecule is COc1cccc(C(=O)NCC(O)c2ccco2)c1F. The maximum Gasteiger partial charge on any atom is 0.254 e. The summed E-state index contributed by atoms with van der Waals surface area (Å²) in [5, 5.41) is 12.2. The van der Waals surface area contributed by atoms with E-state index in [1.807, 2.05) is 0 Å². The Balaban J connectivity index is 2.02. The monoisotopic (exact) mass is 279 g/mol. The lowest BCUT2D eigenvalue weighted by molar-refractivity contribution is 0.0896. The van der Waals surface area contributed by atoms with Gasteiger partial charge < -0.3 is 19.6 Å². The first-order valence-corrected chi connectivity index (χ1v) is 5.95. The highest BCUT2D eigenvalue weighted by Crippen LogP contribution is 2.20. The molecule has 1 atom stereocenters. The van der Waals surface area contributed by atoms with E-state index in [1.165, 1.54) is 31.6 Å². The number of aliphatic hydroxyl groups excluding tert-OH is 1.